The quantitative estimate of drug-likeness (QED) is 0.544. The van der Waals surface area contributed by atoms with Gasteiger partial charge in [-0.15, -0.1) is 0 Å². The van der Waals surface area contributed by atoms with Crippen LogP contribution in [0.2, 0.25) is 0 Å². The molecule has 0 heterocycles. The fourth-order valence-electron chi connectivity index (χ4n) is 1.91. The number of hydrogen-bond donors (Lipinski definition) is 2. The largest absolute Gasteiger partial charge is 0.489 e. The van der Waals surface area contributed by atoms with Crippen LogP contribution < -0.4 is 15.8 Å². The summed E-state index contributed by atoms with van der Waals surface area (Å²) in [6, 6.07) is 5.89. The van der Waals surface area contributed by atoms with E-state index in [4.69, 9.17) is 10.5 Å². The molecule has 0 aliphatic carbocycles. The van der Waals surface area contributed by atoms with Gasteiger partial charge in [-0.1, -0.05) is 26.7 Å². The van der Waals surface area contributed by atoms with E-state index in [0.717, 1.165) is 23.9 Å². The van der Waals surface area contributed by atoms with Gasteiger partial charge in [0.05, 0.1) is 11.8 Å². The predicted molar refractivity (Wildman–Crippen MR) is 83.8 cm³/mol. The summed E-state index contributed by atoms with van der Waals surface area (Å²) in [5.74, 6) is 1.56. The Morgan fingerprint density at radius 3 is 2.53 bits per heavy atom. The molecule has 0 fully saturated rings. The SMILES string of the molecule is CC(C)CCCCNc1ccc(N)c(OC(C)C)c1. The standard InChI is InChI=1S/C16H28N2O/c1-12(2)7-5-6-10-18-14-8-9-15(17)16(11-14)19-13(3)4/h8-9,11-13,18H,5-7,10,17H2,1-4H3. The highest BCUT2D eigenvalue weighted by atomic mass is 16.5. The van der Waals surface area contributed by atoms with E-state index >= 15 is 0 Å². The molecule has 3 N–H and O–H groups in total. The van der Waals surface area contributed by atoms with Crippen molar-refractivity contribution >= 4 is 11.4 Å². The third kappa shape index (κ3) is 6.37. The molecule has 19 heavy (non-hydrogen) atoms. The summed E-state index contributed by atoms with van der Waals surface area (Å²) in [4.78, 5) is 0. The highest BCUT2D eigenvalue weighted by molar-refractivity contribution is 5.61. The topological polar surface area (TPSA) is 47.3 Å². The molecule has 0 aliphatic heterocycles. The Labute approximate surface area is 117 Å². The maximum absolute atomic E-state index is 5.89. The van der Waals surface area contributed by atoms with Gasteiger partial charge < -0.3 is 15.8 Å². The molecule has 1 rings (SSSR count). The molecule has 0 atom stereocenters. The van der Waals surface area contributed by atoms with Gasteiger partial charge in [0.15, 0.2) is 0 Å². The molecule has 1 aromatic carbocycles. The van der Waals surface area contributed by atoms with Gasteiger partial charge in [-0.2, -0.15) is 0 Å². The Morgan fingerprint density at radius 1 is 1.16 bits per heavy atom. The van der Waals surface area contributed by atoms with Gasteiger partial charge in [0, 0.05) is 18.3 Å². The summed E-state index contributed by atoms with van der Waals surface area (Å²) in [5.41, 5.74) is 7.67. The van der Waals surface area contributed by atoms with Crippen LogP contribution in [0.1, 0.15) is 47.0 Å². The van der Waals surface area contributed by atoms with Crippen molar-refractivity contribution in [1.82, 2.24) is 0 Å². The lowest BCUT2D eigenvalue weighted by molar-refractivity contribution is 0.244. The second-order valence-corrected chi connectivity index (χ2v) is 5.74. The number of rotatable bonds is 8. The molecule has 0 radical (unpaired) electrons. The highest BCUT2D eigenvalue weighted by Crippen LogP contribution is 2.26. The second-order valence-electron chi connectivity index (χ2n) is 5.74. The van der Waals surface area contributed by atoms with Crippen LogP contribution in [-0.2, 0) is 0 Å². The monoisotopic (exact) mass is 264 g/mol. The fourth-order valence-corrected chi connectivity index (χ4v) is 1.91. The number of unbranched alkanes of at least 4 members (excludes halogenated alkanes) is 1. The summed E-state index contributed by atoms with van der Waals surface area (Å²) < 4.78 is 5.68. The van der Waals surface area contributed by atoms with Crippen molar-refractivity contribution in [3.63, 3.8) is 0 Å². The zero-order valence-electron chi connectivity index (χ0n) is 12.7. The molecule has 1 aromatic rings. The zero-order chi connectivity index (χ0) is 14.3. The number of nitrogen functional groups attached to an aromatic ring is 1. The molecular formula is C16H28N2O. The molecule has 0 saturated carbocycles. The number of anilines is 2. The number of hydrogen-bond acceptors (Lipinski definition) is 3. The lowest BCUT2D eigenvalue weighted by atomic mass is 10.1. The Balaban J connectivity index is 2.41. The van der Waals surface area contributed by atoms with Crippen molar-refractivity contribution in [2.45, 2.75) is 53.1 Å². The van der Waals surface area contributed by atoms with Crippen molar-refractivity contribution in [3.8, 4) is 5.75 Å². The van der Waals surface area contributed by atoms with E-state index in [-0.39, 0.29) is 6.10 Å². The zero-order valence-corrected chi connectivity index (χ0v) is 12.7. The average molecular weight is 264 g/mol. The highest BCUT2D eigenvalue weighted by Gasteiger charge is 2.04. The third-order valence-corrected chi connectivity index (χ3v) is 2.91. The molecule has 0 aromatic heterocycles. The second kappa shape index (κ2) is 7.93. The Hall–Kier alpha value is -1.38. The Morgan fingerprint density at radius 2 is 1.89 bits per heavy atom. The van der Waals surface area contributed by atoms with Gasteiger partial charge in [-0.05, 0) is 38.3 Å². The lowest BCUT2D eigenvalue weighted by Crippen LogP contribution is -2.08. The third-order valence-electron chi connectivity index (χ3n) is 2.91. The van der Waals surface area contributed by atoms with Crippen LogP contribution in [0.4, 0.5) is 11.4 Å². The summed E-state index contributed by atoms with van der Waals surface area (Å²) in [5, 5.41) is 3.42. The first kappa shape index (κ1) is 15.7. The van der Waals surface area contributed by atoms with Crippen molar-refractivity contribution in [1.29, 1.82) is 0 Å². The Kier molecular flexibility index (Phi) is 6.54. The number of ether oxygens (including phenoxy) is 1. The molecule has 0 unspecified atom stereocenters. The van der Waals surface area contributed by atoms with Crippen LogP contribution in [0.25, 0.3) is 0 Å². The minimum atomic E-state index is 0.142. The van der Waals surface area contributed by atoms with E-state index in [9.17, 15) is 0 Å². The molecule has 0 bridgehead atoms. The molecule has 0 aliphatic rings. The molecule has 0 amide bonds. The maximum atomic E-state index is 5.89. The maximum Gasteiger partial charge on any atom is 0.144 e. The van der Waals surface area contributed by atoms with E-state index in [1.807, 2.05) is 32.0 Å². The first-order chi connectivity index (χ1) is 8.99. The Bertz CT molecular complexity index is 375. The number of benzene rings is 1. The molecular weight excluding hydrogens is 236 g/mol. The number of nitrogens with one attached hydrogen (secondary N) is 1. The van der Waals surface area contributed by atoms with E-state index in [1.54, 1.807) is 0 Å². The summed E-state index contributed by atoms with van der Waals surface area (Å²) in [6.45, 7) is 9.54. The average Bonchev–Trinajstić information content (AvgIpc) is 2.31. The van der Waals surface area contributed by atoms with Crippen molar-refractivity contribution in [2.75, 3.05) is 17.6 Å². The van der Waals surface area contributed by atoms with Crippen LogP contribution in [-0.4, -0.2) is 12.6 Å². The van der Waals surface area contributed by atoms with E-state index < -0.39 is 0 Å². The fraction of sp³-hybridized carbons (Fsp3) is 0.625. The molecule has 3 heteroatoms. The van der Waals surface area contributed by atoms with Gasteiger partial charge in [0.1, 0.15) is 5.75 Å². The van der Waals surface area contributed by atoms with E-state index in [1.165, 1.54) is 19.3 Å². The van der Waals surface area contributed by atoms with E-state index in [0.29, 0.717) is 5.69 Å². The van der Waals surface area contributed by atoms with Crippen molar-refractivity contribution in [3.05, 3.63) is 18.2 Å². The minimum absolute atomic E-state index is 0.142. The van der Waals surface area contributed by atoms with Crippen LogP contribution >= 0.6 is 0 Å². The first-order valence-corrected chi connectivity index (χ1v) is 7.29. The van der Waals surface area contributed by atoms with Crippen LogP contribution in [0, 0.1) is 5.92 Å². The van der Waals surface area contributed by atoms with Gasteiger partial charge in [-0.25, -0.2) is 0 Å². The smallest absolute Gasteiger partial charge is 0.144 e. The minimum Gasteiger partial charge on any atom is -0.489 e. The first-order valence-electron chi connectivity index (χ1n) is 7.29. The van der Waals surface area contributed by atoms with Crippen molar-refractivity contribution < 1.29 is 4.74 Å². The van der Waals surface area contributed by atoms with Gasteiger partial charge in [0.2, 0.25) is 0 Å². The summed E-state index contributed by atoms with van der Waals surface area (Å²) >= 11 is 0. The van der Waals surface area contributed by atoms with Crippen molar-refractivity contribution in [2.24, 2.45) is 5.92 Å². The molecule has 108 valence electrons. The normalized spacial score (nSPS) is 11.1. The van der Waals surface area contributed by atoms with Crippen LogP contribution in [0.5, 0.6) is 5.75 Å². The van der Waals surface area contributed by atoms with E-state index in [2.05, 4.69) is 19.2 Å². The number of nitrogens with two attached hydrogens (primary N) is 1. The van der Waals surface area contributed by atoms with Gasteiger partial charge >= 0.3 is 0 Å². The van der Waals surface area contributed by atoms with Gasteiger partial charge in [-0.3, -0.25) is 0 Å². The lowest BCUT2D eigenvalue weighted by Gasteiger charge is -2.14. The molecule has 0 saturated heterocycles. The summed E-state index contributed by atoms with van der Waals surface area (Å²) in [7, 11) is 0. The van der Waals surface area contributed by atoms with Crippen LogP contribution in [0.15, 0.2) is 18.2 Å². The molecule has 0 spiro atoms. The van der Waals surface area contributed by atoms with Gasteiger partial charge in [0.25, 0.3) is 0 Å². The summed E-state index contributed by atoms with van der Waals surface area (Å²) in [6.07, 6.45) is 3.91. The van der Waals surface area contributed by atoms with Crippen LogP contribution in [0.3, 0.4) is 0 Å². The predicted octanol–water partition coefficient (Wildman–Crippen LogP) is 4.29. The molecule has 3 nitrogen and oxygen atoms in total.